The van der Waals surface area contributed by atoms with Crippen molar-refractivity contribution in [1.29, 1.82) is 0 Å². The summed E-state index contributed by atoms with van der Waals surface area (Å²) in [5.41, 5.74) is 7.44. The molecule has 5 heterocycles. The first kappa shape index (κ1) is 23.3. The van der Waals surface area contributed by atoms with Crippen molar-refractivity contribution in [1.82, 2.24) is 24.5 Å². The standard InChI is InChI=1S/C28H36N6O2/c1-19-12-23-13-22(24-14-29-31(3)16-24)4-5-26(23)33(15-19)28-25-17-32(20(2)35)9-7-27(25)34(30-28)10-6-21-8-11-36-18-21/h4-5,13-14,16,19,21H,6-12,15,17-18H2,1-3H3/t19?,21-/m0/s1. The Hall–Kier alpha value is -3.13. The molecule has 1 aromatic carbocycles. The molecule has 3 aliphatic heterocycles. The molecule has 1 amide bonds. The third kappa shape index (κ3) is 4.32. The van der Waals surface area contributed by atoms with Gasteiger partial charge >= 0.3 is 0 Å². The highest BCUT2D eigenvalue weighted by Crippen LogP contribution is 2.40. The number of aryl methyl sites for hydroxylation is 2. The van der Waals surface area contributed by atoms with Gasteiger partial charge in [-0.05, 0) is 54.4 Å². The van der Waals surface area contributed by atoms with E-state index in [9.17, 15) is 4.79 Å². The Labute approximate surface area is 212 Å². The van der Waals surface area contributed by atoms with Crippen LogP contribution in [-0.4, -0.2) is 56.7 Å². The first-order valence-corrected chi connectivity index (χ1v) is 13.3. The Bertz CT molecular complexity index is 1270. The van der Waals surface area contributed by atoms with Crippen molar-refractivity contribution in [2.24, 2.45) is 18.9 Å². The molecular weight excluding hydrogens is 452 g/mol. The summed E-state index contributed by atoms with van der Waals surface area (Å²) in [6, 6.07) is 6.76. The summed E-state index contributed by atoms with van der Waals surface area (Å²) in [6.07, 6.45) is 8.13. The Morgan fingerprint density at radius 1 is 1.25 bits per heavy atom. The van der Waals surface area contributed by atoms with Crippen LogP contribution in [0.5, 0.6) is 0 Å². The van der Waals surface area contributed by atoms with Gasteiger partial charge in [0.25, 0.3) is 0 Å². The predicted molar refractivity (Wildman–Crippen MR) is 139 cm³/mol. The highest BCUT2D eigenvalue weighted by molar-refractivity contribution is 5.76. The van der Waals surface area contributed by atoms with E-state index in [1.807, 2.05) is 22.8 Å². The van der Waals surface area contributed by atoms with Crippen LogP contribution in [0.2, 0.25) is 0 Å². The first-order valence-electron chi connectivity index (χ1n) is 13.3. The maximum Gasteiger partial charge on any atom is 0.219 e. The minimum absolute atomic E-state index is 0.135. The van der Waals surface area contributed by atoms with E-state index in [0.717, 1.165) is 69.9 Å². The number of rotatable bonds is 5. The second kappa shape index (κ2) is 9.39. The van der Waals surface area contributed by atoms with E-state index in [2.05, 4.69) is 46.0 Å². The van der Waals surface area contributed by atoms with Crippen molar-refractivity contribution in [2.75, 3.05) is 31.2 Å². The lowest BCUT2D eigenvalue weighted by Gasteiger charge is -2.35. The molecule has 6 rings (SSSR count). The molecule has 2 atom stereocenters. The van der Waals surface area contributed by atoms with Crippen molar-refractivity contribution in [3.63, 3.8) is 0 Å². The average molecular weight is 489 g/mol. The Morgan fingerprint density at radius 3 is 2.89 bits per heavy atom. The van der Waals surface area contributed by atoms with Crippen molar-refractivity contribution in [3.05, 3.63) is 47.4 Å². The van der Waals surface area contributed by atoms with Crippen LogP contribution < -0.4 is 4.90 Å². The van der Waals surface area contributed by atoms with Crippen LogP contribution in [0, 0.1) is 11.8 Å². The molecule has 8 nitrogen and oxygen atoms in total. The molecule has 0 bridgehead atoms. The molecule has 0 saturated carbocycles. The smallest absolute Gasteiger partial charge is 0.219 e. The summed E-state index contributed by atoms with van der Waals surface area (Å²) in [6.45, 7) is 8.98. The molecule has 1 saturated heterocycles. The lowest BCUT2D eigenvalue weighted by Crippen LogP contribution is -2.36. The quantitative estimate of drug-likeness (QED) is 0.544. The molecule has 3 aromatic rings. The Morgan fingerprint density at radius 2 is 2.14 bits per heavy atom. The molecule has 3 aliphatic rings. The highest BCUT2D eigenvalue weighted by Gasteiger charge is 2.32. The van der Waals surface area contributed by atoms with Crippen molar-refractivity contribution in [2.45, 2.75) is 52.6 Å². The fourth-order valence-corrected chi connectivity index (χ4v) is 6.07. The zero-order valence-electron chi connectivity index (χ0n) is 21.6. The third-order valence-electron chi connectivity index (χ3n) is 8.06. The first-order chi connectivity index (χ1) is 17.5. The van der Waals surface area contributed by atoms with Crippen LogP contribution in [0.4, 0.5) is 11.5 Å². The topological polar surface area (TPSA) is 68.4 Å². The largest absolute Gasteiger partial charge is 0.381 e. The molecule has 0 spiro atoms. The second-order valence-corrected chi connectivity index (χ2v) is 10.8. The average Bonchev–Trinajstić information content (AvgIpc) is 3.61. The van der Waals surface area contributed by atoms with E-state index < -0.39 is 0 Å². The van der Waals surface area contributed by atoms with Gasteiger partial charge in [-0.25, -0.2) is 0 Å². The van der Waals surface area contributed by atoms with E-state index in [0.29, 0.717) is 18.4 Å². The van der Waals surface area contributed by atoms with Gasteiger partial charge in [-0.2, -0.15) is 10.2 Å². The summed E-state index contributed by atoms with van der Waals surface area (Å²) < 4.78 is 9.69. The van der Waals surface area contributed by atoms with E-state index >= 15 is 0 Å². The number of carbonyl (C=O) groups is 1. The zero-order valence-corrected chi connectivity index (χ0v) is 21.6. The van der Waals surface area contributed by atoms with Gasteiger partial charge in [-0.3, -0.25) is 14.2 Å². The SMILES string of the molecule is CC(=O)N1CCc2c(c(N3CC(C)Cc4cc(-c5cnn(C)c5)ccc43)nn2CC[C@H]2CCOC2)C1. The summed E-state index contributed by atoms with van der Waals surface area (Å²) in [7, 11) is 1.95. The van der Waals surface area contributed by atoms with Gasteiger partial charge in [0.2, 0.25) is 5.91 Å². The van der Waals surface area contributed by atoms with Gasteiger partial charge < -0.3 is 14.5 Å². The van der Waals surface area contributed by atoms with Crippen molar-refractivity contribution >= 4 is 17.4 Å². The number of ether oxygens (including phenoxy) is 1. The molecule has 0 radical (unpaired) electrons. The number of amides is 1. The van der Waals surface area contributed by atoms with E-state index in [1.165, 1.54) is 28.1 Å². The van der Waals surface area contributed by atoms with E-state index in [4.69, 9.17) is 9.84 Å². The molecule has 2 aromatic heterocycles. The Balaban J connectivity index is 1.37. The molecule has 190 valence electrons. The number of fused-ring (bicyclic) bond motifs is 2. The van der Waals surface area contributed by atoms with Crippen LogP contribution in [0.1, 0.15) is 43.5 Å². The zero-order chi connectivity index (χ0) is 24.8. The minimum Gasteiger partial charge on any atom is -0.381 e. The lowest BCUT2D eigenvalue weighted by molar-refractivity contribution is -0.129. The number of anilines is 2. The van der Waals surface area contributed by atoms with E-state index in [-0.39, 0.29) is 5.91 Å². The van der Waals surface area contributed by atoms with Gasteiger partial charge in [0.05, 0.1) is 12.7 Å². The van der Waals surface area contributed by atoms with Crippen molar-refractivity contribution in [3.8, 4) is 11.1 Å². The van der Waals surface area contributed by atoms with Gasteiger partial charge in [-0.1, -0.05) is 13.0 Å². The summed E-state index contributed by atoms with van der Waals surface area (Å²) in [5.74, 6) is 2.29. The number of hydrogen-bond acceptors (Lipinski definition) is 5. The number of hydrogen-bond donors (Lipinski definition) is 0. The second-order valence-electron chi connectivity index (χ2n) is 10.8. The number of benzene rings is 1. The highest BCUT2D eigenvalue weighted by atomic mass is 16.5. The van der Waals surface area contributed by atoms with E-state index in [1.54, 1.807) is 6.92 Å². The Kier molecular flexibility index (Phi) is 6.07. The maximum atomic E-state index is 12.3. The monoisotopic (exact) mass is 488 g/mol. The summed E-state index contributed by atoms with van der Waals surface area (Å²) in [4.78, 5) is 16.7. The summed E-state index contributed by atoms with van der Waals surface area (Å²) in [5, 5.41) is 9.59. The van der Waals surface area contributed by atoms with Crippen LogP contribution in [0.25, 0.3) is 11.1 Å². The summed E-state index contributed by atoms with van der Waals surface area (Å²) >= 11 is 0. The van der Waals surface area contributed by atoms with Gasteiger partial charge in [0.15, 0.2) is 5.82 Å². The molecule has 1 unspecified atom stereocenters. The van der Waals surface area contributed by atoms with Crippen LogP contribution in [-0.2, 0) is 42.5 Å². The molecule has 0 N–H and O–H groups in total. The molecule has 36 heavy (non-hydrogen) atoms. The predicted octanol–water partition coefficient (Wildman–Crippen LogP) is 3.95. The van der Waals surface area contributed by atoms with Crippen LogP contribution in [0.3, 0.4) is 0 Å². The fourth-order valence-electron chi connectivity index (χ4n) is 6.07. The van der Waals surface area contributed by atoms with Crippen molar-refractivity contribution < 1.29 is 9.53 Å². The molecular formula is C28H36N6O2. The fraction of sp³-hybridized carbons (Fsp3) is 0.536. The van der Waals surface area contributed by atoms with Crippen LogP contribution >= 0.6 is 0 Å². The van der Waals surface area contributed by atoms with Gasteiger partial charge in [0.1, 0.15) is 0 Å². The third-order valence-corrected chi connectivity index (χ3v) is 8.06. The minimum atomic E-state index is 0.135. The normalized spacial score (nSPS) is 21.5. The molecule has 0 aliphatic carbocycles. The molecule has 8 heteroatoms. The van der Waals surface area contributed by atoms with Gasteiger partial charge in [-0.15, -0.1) is 0 Å². The van der Waals surface area contributed by atoms with Crippen LogP contribution in [0.15, 0.2) is 30.6 Å². The maximum absolute atomic E-state index is 12.3. The lowest BCUT2D eigenvalue weighted by atomic mass is 9.91. The molecule has 1 fully saturated rings. The number of aromatic nitrogens is 4. The number of nitrogens with zero attached hydrogens (tertiary/aromatic N) is 6. The van der Waals surface area contributed by atoms with Gasteiger partial charge in [0, 0.05) is 81.9 Å². The number of carbonyl (C=O) groups excluding carboxylic acids is 1.